The summed E-state index contributed by atoms with van der Waals surface area (Å²) in [6, 6.07) is 4.58. The molecule has 0 unspecified atom stereocenters. The summed E-state index contributed by atoms with van der Waals surface area (Å²) in [7, 11) is 0. The van der Waals surface area contributed by atoms with Crippen LogP contribution in [0.4, 0.5) is 14.5 Å². The van der Waals surface area contributed by atoms with E-state index in [4.69, 9.17) is 9.47 Å². The van der Waals surface area contributed by atoms with Crippen LogP contribution in [0.3, 0.4) is 0 Å². The SMILES string of the molecule is CCNNc1ccc(OCC(F)F)c(C(=O)OC(C)(C)C)c1. The van der Waals surface area contributed by atoms with Gasteiger partial charge in [-0.3, -0.25) is 0 Å². The molecule has 0 aliphatic rings. The van der Waals surface area contributed by atoms with Gasteiger partial charge in [0.2, 0.25) is 0 Å². The van der Waals surface area contributed by atoms with Gasteiger partial charge in [-0.25, -0.2) is 19.0 Å². The van der Waals surface area contributed by atoms with Gasteiger partial charge in [-0.2, -0.15) is 0 Å². The van der Waals surface area contributed by atoms with Gasteiger partial charge < -0.3 is 14.9 Å². The number of anilines is 1. The number of benzene rings is 1. The van der Waals surface area contributed by atoms with Crippen LogP contribution < -0.4 is 15.6 Å². The first-order valence-corrected chi connectivity index (χ1v) is 7.00. The summed E-state index contributed by atoms with van der Waals surface area (Å²) < 4.78 is 34.9. The van der Waals surface area contributed by atoms with Gasteiger partial charge in [0.15, 0.2) is 0 Å². The Morgan fingerprint density at radius 1 is 1.32 bits per heavy atom. The van der Waals surface area contributed by atoms with E-state index in [0.29, 0.717) is 12.2 Å². The molecule has 5 nitrogen and oxygen atoms in total. The maximum Gasteiger partial charge on any atom is 0.342 e. The normalized spacial score (nSPS) is 11.4. The fourth-order valence-electron chi connectivity index (χ4n) is 1.57. The molecule has 0 aliphatic carbocycles. The van der Waals surface area contributed by atoms with Gasteiger partial charge in [-0.05, 0) is 39.0 Å². The van der Waals surface area contributed by atoms with Gasteiger partial charge in [0, 0.05) is 12.2 Å². The number of hydrogen-bond acceptors (Lipinski definition) is 5. The van der Waals surface area contributed by atoms with E-state index in [-0.39, 0.29) is 11.3 Å². The van der Waals surface area contributed by atoms with Crippen LogP contribution in [0, 0.1) is 0 Å². The molecule has 0 amide bonds. The van der Waals surface area contributed by atoms with Crippen LogP contribution in [0.15, 0.2) is 18.2 Å². The molecule has 124 valence electrons. The van der Waals surface area contributed by atoms with Gasteiger partial charge in [-0.15, -0.1) is 0 Å². The minimum Gasteiger partial charge on any atom is -0.487 e. The summed E-state index contributed by atoms with van der Waals surface area (Å²) in [5.41, 5.74) is 5.78. The highest BCUT2D eigenvalue weighted by atomic mass is 19.3. The molecular formula is C15H22F2N2O3. The second-order valence-corrected chi connectivity index (χ2v) is 5.57. The van der Waals surface area contributed by atoms with E-state index in [2.05, 4.69) is 10.9 Å². The van der Waals surface area contributed by atoms with E-state index in [1.165, 1.54) is 12.1 Å². The Hall–Kier alpha value is -1.89. The third-order valence-electron chi connectivity index (χ3n) is 2.37. The first-order chi connectivity index (χ1) is 10.2. The molecule has 0 fully saturated rings. The number of rotatable bonds is 7. The number of carbonyl (C=O) groups is 1. The zero-order valence-corrected chi connectivity index (χ0v) is 13.2. The molecule has 1 aromatic carbocycles. The predicted octanol–water partition coefficient (Wildman–Crippen LogP) is 3.22. The lowest BCUT2D eigenvalue weighted by Crippen LogP contribution is -2.25. The standard InChI is InChI=1S/C15H22F2N2O3/c1-5-18-19-10-6-7-12(21-9-13(16)17)11(8-10)14(20)22-15(2,3)4/h6-8,13,18-19H,5,9H2,1-4H3. The third-order valence-corrected chi connectivity index (χ3v) is 2.37. The number of carbonyl (C=O) groups excluding carboxylic acids is 1. The van der Waals surface area contributed by atoms with E-state index in [1.54, 1.807) is 26.8 Å². The molecule has 0 heterocycles. The van der Waals surface area contributed by atoms with Crippen molar-refractivity contribution < 1.29 is 23.0 Å². The molecule has 0 spiro atoms. The van der Waals surface area contributed by atoms with Gasteiger partial charge in [0.1, 0.15) is 23.5 Å². The van der Waals surface area contributed by atoms with Gasteiger partial charge in [0.25, 0.3) is 6.43 Å². The van der Waals surface area contributed by atoms with E-state index in [9.17, 15) is 13.6 Å². The summed E-state index contributed by atoms with van der Waals surface area (Å²) in [5, 5.41) is 0. The summed E-state index contributed by atoms with van der Waals surface area (Å²) in [6.45, 7) is 6.98. The van der Waals surface area contributed by atoms with Gasteiger partial charge in [-0.1, -0.05) is 6.92 Å². The lowest BCUT2D eigenvalue weighted by Gasteiger charge is -2.21. The molecule has 22 heavy (non-hydrogen) atoms. The Labute approximate surface area is 129 Å². The average molecular weight is 316 g/mol. The van der Waals surface area contributed by atoms with Crippen molar-refractivity contribution in [3.8, 4) is 5.75 Å². The Bertz CT molecular complexity index is 502. The third kappa shape index (κ3) is 6.26. The number of alkyl halides is 2. The number of halogens is 2. The number of hydrogen-bond donors (Lipinski definition) is 2. The molecule has 0 aromatic heterocycles. The Kier molecular flexibility index (Phi) is 6.55. The molecule has 7 heteroatoms. The quantitative estimate of drug-likeness (QED) is 0.597. The van der Waals surface area contributed by atoms with Crippen molar-refractivity contribution in [3.63, 3.8) is 0 Å². The molecule has 0 aliphatic heterocycles. The zero-order valence-electron chi connectivity index (χ0n) is 13.2. The molecular weight excluding hydrogens is 294 g/mol. The topological polar surface area (TPSA) is 59.6 Å². The molecule has 1 aromatic rings. The molecule has 0 saturated carbocycles. The Morgan fingerprint density at radius 3 is 2.55 bits per heavy atom. The van der Waals surface area contributed by atoms with E-state index in [0.717, 1.165) is 0 Å². The van der Waals surface area contributed by atoms with E-state index < -0.39 is 24.6 Å². The fourth-order valence-corrected chi connectivity index (χ4v) is 1.57. The number of nitrogens with one attached hydrogen (secondary N) is 2. The number of ether oxygens (including phenoxy) is 2. The minimum absolute atomic E-state index is 0.0663. The van der Waals surface area contributed by atoms with Crippen molar-refractivity contribution in [2.75, 3.05) is 18.6 Å². The van der Waals surface area contributed by atoms with Crippen LogP contribution in [-0.2, 0) is 4.74 Å². The van der Waals surface area contributed by atoms with E-state index >= 15 is 0 Å². The van der Waals surface area contributed by atoms with Gasteiger partial charge >= 0.3 is 5.97 Å². The molecule has 1 rings (SSSR count). The smallest absolute Gasteiger partial charge is 0.342 e. The molecule has 0 atom stereocenters. The molecule has 0 radical (unpaired) electrons. The summed E-state index contributed by atoms with van der Waals surface area (Å²) >= 11 is 0. The van der Waals surface area contributed by atoms with Crippen LogP contribution in [0.1, 0.15) is 38.1 Å². The van der Waals surface area contributed by atoms with Crippen LogP contribution in [0.5, 0.6) is 5.75 Å². The summed E-state index contributed by atoms with van der Waals surface area (Å²) in [5.74, 6) is -0.562. The first-order valence-electron chi connectivity index (χ1n) is 7.00. The van der Waals surface area contributed by atoms with E-state index in [1.807, 2.05) is 6.92 Å². The van der Waals surface area contributed by atoms with Crippen molar-refractivity contribution in [2.24, 2.45) is 0 Å². The van der Waals surface area contributed by atoms with Crippen LogP contribution in [0.25, 0.3) is 0 Å². The molecule has 2 N–H and O–H groups in total. The highest BCUT2D eigenvalue weighted by molar-refractivity contribution is 5.94. The minimum atomic E-state index is -2.62. The average Bonchev–Trinajstić information content (AvgIpc) is 2.41. The Morgan fingerprint density at radius 2 is 2.00 bits per heavy atom. The first kappa shape index (κ1) is 18.2. The van der Waals surface area contributed by atoms with Crippen LogP contribution >= 0.6 is 0 Å². The highest BCUT2D eigenvalue weighted by Gasteiger charge is 2.22. The maximum absolute atomic E-state index is 12.3. The number of esters is 1. The highest BCUT2D eigenvalue weighted by Crippen LogP contribution is 2.25. The van der Waals surface area contributed by atoms with Crippen molar-refractivity contribution in [1.82, 2.24) is 5.43 Å². The fraction of sp³-hybridized carbons (Fsp3) is 0.533. The van der Waals surface area contributed by atoms with Crippen molar-refractivity contribution >= 4 is 11.7 Å². The zero-order chi connectivity index (χ0) is 16.8. The lowest BCUT2D eigenvalue weighted by molar-refractivity contribution is 0.00616. The van der Waals surface area contributed by atoms with Crippen LogP contribution in [-0.4, -0.2) is 31.1 Å². The predicted molar refractivity (Wildman–Crippen MR) is 80.4 cm³/mol. The second kappa shape index (κ2) is 7.93. The maximum atomic E-state index is 12.3. The van der Waals surface area contributed by atoms with Crippen molar-refractivity contribution in [3.05, 3.63) is 23.8 Å². The molecule has 0 bridgehead atoms. The summed E-state index contributed by atoms with van der Waals surface area (Å²) in [6.07, 6.45) is -2.62. The second-order valence-electron chi connectivity index (χ2n) is 5.57. The van der Waals surface area contributed by atoms with Crippen LogP contribution in [0.2, 0.25) is 0 Å². The number of hydrazine groups is 1. The largest absolute Gasteiger partial charge is 0.487 e. The molecule has 0 saturated heterocycles. The van der Waals surface area contributed by atoms with Crippen molar-refractivity contribution in [1.29, 1.82) is 0 Å². The lowest BCUT2D eigenvalue weighted by atomic mass is 10.1. The monoisotopic (exact) mass is 316 g/mol. The Balaban J connectivity index is 3.01. The van der Waals surface area contributed by atoms with Crippen molar-refractivity contribution in [2.45, 2.75) is 39.7 Å². The van der Waals surface area contributed by atoms with Gasteiger partial charge in [0.05, 0.1) is 0 Å². The summed E-state index contributed by atoms with van der Waals surface area (Å²) in [4.78, 5) is 12.2.